The Labute approximate surface area is 397 Å². The summed E-state index contributed by atoms with van der Waals surface area (Å²) in [7, 11) is 0. The zero-order valence-electron chi connectivity index (χ0n) is 41.5. The summed E-state index contributed by atoms with van der Waals surface area (Å²) in [6.45, 7) is 3.34. The normalized spacial score (nSPS) is 19.6. The summed E-state index contributed by atoms with van der Waals surface area (Å²) in [4.78, 5) is 25.5. The molecule has 10 nitrogen and oxygen atoms in total. The van der Waals surface area contributed by atoms with Gasteiger partial charge in [-0.05, 0) is 51.4 Å². The molecule has 0 radical (unpaired) electrons. The molecule has 0 aliphatic carbocycles. The third kappa shape index (κ3) is 36.4. The number of carbonyl (C=O) groups is 2. The second-order valence-electron chi connectivity index (χ2n) is 18.3. The zero-order chi connectivity index (χ0) is 47.3. The van der Waals surface area contributed by atoms with Crippen molar-refractivity contribution < 1.29 is 49.0 Å². The van der Waals surface area contributed by atoms with E-state index < -0.39 is 49.4 Å². The Hall–Kier alpha value is -2.34. The highest BCUT2D eigenvalue weighted by molar-refractivity contribution is 5.70. The maximum atomic E-state index is 12.9. The first-order valence-electron chi connectivity index (χ1n) is 26.7. The van der Waals surface area contributed by atoms with Crippen molar-refractivity contribution in [1.29, 1.82) is 0 Å². The maximum Gasteiger partial charge on any atom is 0.306 e. The first-order chi connectivity index (χ1) is 31.8. The number of carbonyl (C=O) groups excluding carboxylic acids is 2. The van der Waals surface area contributed by atoms with Crippen LogP contribution in [-0.2, 0) is 28.5 Å². The minimum Gasteiger partial charge on any atom is -0.462 e. The molecule has 0 amide bonds. The van der Waals surface area contributed by atoms with Gasteiger partial charge < -0.3 is 39.4 Å². The summed E-state index contributed by atoms with van der Waals surface area (Å²) >= 11 is 0. The second-order valence-corrected chi connectivity index (χ2v) is 18.3. The molecule has 1 aliphatic rings. The molecule has 10 heteroatoms. The van der Waals surface area contributed by atoms with Gasteiger partial charge in [-0.3, -0.25) is 9.59 Å². The molecule has 0 aromatic rings. The second kappa shape index (κ2) is 45.4. The van der Waals surface area contributed by atoms with Gasteiger partial charge in [0.25, 0.3) is 0 Å². The number of hydrogen-bond acceptors (Lipinski definition) is 10. The number of unbranched alkanes of at least 4 members (excludes halogenated alkanes) is 26. The Balaban J connectivity index is 2.24. The predicted octanol–water partition coefficient (Wildman–Crippen LogP) is 12.8. The highest BCUT2D eigenvalue weighted by Gasteiger charge is 2.44. The topological polar surface area (TPSA) is 152 Å². The SMILES string of the molecule is CC/C=C\C/C=C\C/C=C\C/C=C\CCCCCCCCCCCCC(=O)OC(COC(=O)CCCCCCCCCCCCCCCCCCC)COC1OC(CO)C(O)C(O)C1O. The van der Waals surface area contributed by atoms with Crippen LogP contribution in [0.5, 0.6) is 0 Å². The molecule has 6 atom stereocenters. The van der Waals surface area contributed by atoms with E-state index in [0.29, 0.717) is 6.42 Å². The van der Waals surface area contributed by atoms with Gasteiger partial charge in [-0.2, -0.15) is 0 Å². The molecule has 0 spiro atoms. The molecular weight excluding hydrogens is 821 g/mol. The largest absolute Gasteiger partial charge is 0.462 e. The van der Waals surface area contributed by atoms with Crippen LogP contribution in [0.25, 0.3) is 0 Å². The molecule has 378 valence electrons. The molecule has 0 saturated carbocycles. The van der Waals surface area contributed by atoms with E-state index in [1.807, 2.05) is 0 Å². The third-order valence-corrected chi connectivity index (χ3v) is 12.2. The lowest BCUT2D eigenvalue weighted by Gasteiger charge is -2.39. The summed E-state index contributed by atoms with van der Waals surface area (Å²) in [6, 6.07) is 0. The van der Waals surface area contributed by atoms with Gasteiger partial charge in [-0.25, -0.2) is 0 Å². The van der Waals surface area contributed by atoms with Gasteiger partial charge in [0.15, 0.2) is 12.4 Å². The van der Waals surface area contributed by atoms with E-state index in [-0.39, 0.29) is 32.0 Å². The highest BCUT2D eigenvalue weighted by atomic mass is 16.7. The standard InChI is InChI=1S/C55H98O10/c1-3-5-7-9-11-13-15-17-19-21-22-23-24-25-26-28-30-32-34-36-38-40-42-44-51(58)64-48(47-63-55-54(61)53(60)52(59)49(45-56)65-55)46-62-50(57)43-41-39-37-35-33-31-29-27-20-18-16-14-12-10-8-6-4-2/h5,7,11,13,17,19,22-23,48-49,52-56,59-61H,3-4,6,8-10,12,14-16,18,20-21,24-47H2,1-2H3/b7-5-,13-11-,19-17-,23-22-. The molecule has 1 rings (SSSR count). The van der Waals surface area contributed by atoms with Crippen molar-refractivity contribution in [1.82, 2.24) is 0 Å². The van der Waals surface area contributed by atoms with E-state index in [0.717, 1.165) is 70.6 Å². The summed E-state index contributed by atoms with van der Waals surface area (Å²) in [5.41, 5.74) is 0. The average molecular weight is 919 g/mol. The Morgan fingerprint density at radius 2 is 0.908 bits per heavy atom. The Morgan fingerprint density at radius 1 is 0.492 bits per heavy atom. The van der Waals surface area contributed by atoms with Gasteiger partial charge in [0.1, 0.15) is 31.0 Å². The number of ether oxygens (including phenoxy) is 4. The number of hydrogen-bond donors (Lipinski definition) is 4. The molecule has 1 heterocycles. The van der Waals surface area contributed by atoms with Gasteiger partial charge in [0.2, 0.25) is 0 Å². The Kier molecular flexibility index (Phi) is 42.4. The molecule has 0 bridgehead atoms. The van der Waals surface area contributed by atoms with Crippen molar-refractivity contribution in [3.05, 3.63) is 48.6 Å². The molecule has 0 aromatic heterocycles. The van der Waals surface area contributed by atoms with E-state index in [2.05, 4.69) is 62.5 Å². The van der Waals surface area contributed by atoms with Crippen LogP contribution in [0.4, 0.5) is 0 Å². The van der Waals surface area contributed by atoms with Gasteiger partial charge in [0.05, 0.1) is 13.2 Å². The Morgan fingerprint density at radius 3 is 1.37 bits per heavy atom. The van der Waals surface area contributed by atoms with Gasteiger partial charge in [0, 0.05) is 12.8 Å². The van der Waals surface area contributed by atoms with Crippen LogP contribution in [0.2, 0.25) is 0 Å². The summed E-state index contributed by atoms with van der Waals surface area (Å²) in [6.07, 6.45) is 48.3. The lowest BCUT2D eigenvalue weighted by molar-refractivity contribution is -0.305. The lowest BCUT2D eigenvalue weighted by atomic mass is 9.99. The summed E-state index contributed by atoms with van der Waals surface area (Å²) in [5.74, 6) is -0.802. The minimum absolute atomic E-state index is 0.217. The molecule has 1 saturated heterocycles. The molecule has 1 aliphatic heterocycles. The summed E-state index contributed by atoms with van der Waals surface area (Å²) in [5, 5.41) is 40.2. The quantitative estimate of drug-likeness (QED) is 0.0264. The lowest BCUT2D eigenvalue weighted by Crippen LogP contribution is -2.59. The molecular formula is C55H98O10. The number of aliphatic hydroxyl groups is 4. The van der Waals surface area contributed by atoms with E-state index in [1.54, 1.807) is 0 Å². The van der Waals surface area contributed by atoms with Crippen molar-refractivity contribution in [2.75, 3.05) is 19.8 Å². The fourth-order valence-corrected chi connectivity index (χ4v) is 8.06. The van der Waals surface area contributed by atoms with Gasteiger partial charge in [-0.1, -0.05) is 217 Å². The first-order valence-corrected chi connectivity index (χ1v) is 26.7. The van der Waals surface area contributed by atoms with Crippen molar-refractivity contribution in [3.63, 3.8) is 0 Å². The third-order valence-electron chi connectivity index (χ3n) is 12.2. The smallest absolute Gasteiger partial charge is 0.306 e. The highest BCUT2D eigenvalue weighted by Crippen LogP contribution is 2.23. The number of allylic oxidation sites excluding steroid dienone is 8. The van der Waals surface area contributed by atoms with E-state index >= 15 is 0 Å². The van der Waals surface area contributed by atoms with E-state index in [1.165, 1.54) is 128 Å². The van der Waals surface area contributed by atoms with Crippen LogP contribution in [-0.4, -0.2) is 89.0 Å². The molecule has 1 fully saturated rings. The summed E-state index contributed by atoms with van der Waals surface area (Å²) < 4.78 is 22.3. The first kappa shape index (κ1) is 60.7. The van der Waals surface area contributed by atoms with Crippen molar-refractivity contribution in [3.8, 4) is 0 Å². The molecule has 6 unspecified atom stereocenters. The minimum atomic E-state index is -1.60. The maximum absolute atomic E-state index is 12.9. The van der Waals surface area contributed by atoms with Crippen molar-refractivity contribution in [2.24, 2.45) is 0 Å². The van der Waals surface area contributed by atoms with Crippen LogP contribution in [0.1, 0.15) is 232 Å². The zero-order valence-corrected chi connectivity index (χ0v) is 41.5. The van der Waals surface area contributed by atoms with Crippen LogP contribution < -0.4 is 0 Å². The van der Waals surface area contributed by atoms with Crippen LogP contribution in [0.15, 0.2) is 48.6 Å². The van der Waals surface area contributed by atoms with Crippen molar-refractivity contribution in [2.45, 2.75) is 269 Å². The average Bonchev–Trinajstić information content (AvgIpc) is 3.30. The Bertz CT molecular complexity index is 1200. The predicted molar refractivity (Wildman–Crippen MR) is 265 cm³/mol. The monoisotopic (exact) mass is 919 g/mol. The molecule has 0 aromatic carbocycles. The van der Waals surface area contributed by atoms with Crippen LogP contribution in [0.3, 0.4) is 0 Å². The van der Waals surface area contributed by atoms with E-state index in [4.69, 9.17) is 18.9 Å². The van der Waals surface area contributed by atoms with Crippen molar-refractivity contribution >= 4 is 11.9 Å². The fourth-order valence-electron chi connectivity index (χ4n) is 8.06. The number of rotatable bonds is 45. The number of esters is 2. The fraction of sp³-hybridized carbons (Fsp3) is 0.818. The van der Waals surface area contributed by atoms with Gasteiger partial charge in [-0.15, -0.1) is 0 Å². The number of aliphatic hydroxyl groups excluding tert-OH is 4. The van der Waals surface area contributed by atoms with E-state index in [9.17, 15) is 30.0 Å². The van der Waals surface area contributed by atoms with Gasteiger partial charge >= 0.3 is 11.9 Å². The van der Waals surface area contributed by atoms with Crippen LogP contribution >= 0.6 is 0 Å². The van der Waals surface area contributed by atoms with Crippen LogP contribution in [0, 0.1) is 0 Å². The molecule has 65 heavy (non-hydrogen) atoms. The molecule has 4 N–H and O–H groups in total.